The minimum Gasteiger partial charge on any atom is -0.504 e. The van der Waals surface area contributed by atoms with Crippen molar-refractivity contribution in [2.75, 3.05) is 7.11 Å². The van der Waals surface area contributed by atoms with Gasteiger partial charge in [0.1, 0.15) is 0 Å². The van der Waals surface area contributed by atoms with E-state index in [1.54, 1.807) is 18.2 Å². The summed E-state index contributed by atoms with van der Waals surface area (Å²) >= 11 is 0. The minimum absolute atomic E-state index is 0.00632. The van der Waals surface area contributed by atoms with E-state index in [1.165, 1.54) is 43.5 Å². The first-order valence-corrected chi connectivity index (χ1v) is 7.24. The zero-order valence-electron chi connectivity index (χ0n) is 13.2. The first kappa shape index (κ1) is 18.3. The molecule has 0 unspecified atom stereocenters. The van der Waals surface area contributed by atoms with Crippen LogP contribution in [0.4, 0.5) is 13.2 Å². The monoisotopic (exact) mass is 348 g/mol. The molecule has 0 bridgehead atoms. The number of ketones is 1. The molecule has 2 aromatic carbocycles. The molecule has 0 spiro atoms. The van der Waals surface area contributed by atoms with Crippen molar-refractivity contribution in [3.8, 4) is 11.5 Å². The second kappa shape index (κ2) is 7.70. The van der Waals surface area contributed by atoms with Crippen molar-refractivity contribution < 1.29 is 27.8 Å². The number of phenolic OH excluding ortho intramolecular Hbond substituents is 1. The molecular formula is C19H15F3O3. The number of benzene rings is 2. The van der Waals surface area contributed by atoms with Crippen LogP contribution < -0.4 is 4.74 Å². The fourth-order valence-electron chi connectivity index (χ4n) is 1.99. The summed E-state index contributed by atoms with van der Waals surface area (Å²) in [6, 6.07) is 9.13. The highest BCUT2D eigenvalue weighted by atomic mass is 19.4. The summed E-state index contributed by atoms with van der Waals surface area (Å²) in [5.41, 5.74) is 0.407. The van der Waals surface area contributed by atoms with E-state index in [1.807, 2.05) is 0 Å². The average molecular weight is 348 g/mol. The fraction of sp³-hybridized carbons (Fsp3) is 0.105. The maximum absolute atomic E-state index is 12.5. The maximum Gasteiger partial charge on any atom is 0.416 e. The first-order chi connectivity index (χ1) is 11.8. The van der Waals surface area contributed by atoms with Gasteiger partial charge in [0.2, 0.25) is 0 Å². The maximum atomic E-state index is 12.5. The molecule has 0 saturated carbocycles. The topological polar surface area (TPSA) is 46.5 Å². The van der Waals surface area contributed by atoms with E-state index in [-0.39, 0.29) is 17.3 Å². The standard InChI is InChI=1S/C19H15F3O3/c1-25-18-12-14(6-11-17(18)24)5-10-16(23)9-4-13-2-7-15(8-3-13)19(20,21)22/h2-12,24H,1H3/b9-4+,10-5+. The Balaban J connectivity index is 2.03. The third-order valence-electron chi connectivity index (χ3n) is 3.32. The Morgan fingerprint density at radius 1 is 1.00 bits per heavy atom. The van der Waals surface area contributed by atoms with Crippen molar-refractivity contribution in [2.24, 2.45) is 0 Å². The van der Waals surface area contributed by atoms with Crippen LogP contribution in [0.1, 0.15) is 16.7 Å². The van der Waals surface area contributed by atoms with Gasteiger partial charge in [0.25, 0.3) is 0 Å². The quantitative estimate of drug-likeness (QED) is 0.796. The summed E-state index contributed by atoms with van der Waals surface area (Å²) in [5, 5.41) is 9.49. The molecule has 2 rings (SSSR count). The van der Waals surface area contributed by atoms with Crippen molar-refractivity contribution >= 4 is 17.9 Å². The molecule has 0 fully saturated rings. The average Bonchev–Trinajstić information content (AvgIpc) is 2.58. The molecule has 0 amide bonds. The van der Waals surface area contributed by atoms with Gasteiger partial charge in [-0.05, 0) is 47.5 Å². The summed E-state index contributed by atoms with van der Waals surface area (Å²) in [6.45, 7) is 0. The summed E-state index contributed by atoms with van der Waals surface area (Å²) in [5.74, 6) is -0.0463. The predicted molar refractivity (Wildman–Crippen MR) is 89.2 cm³/mol. The second-order valence-corrected chi connectivity index (χ2v) is 5.12. The summed E-state index contributed by atoms with van der Waals surface area (Å²) in [6.07, 6.45) is 1.17. The van der Waals surface area contributed by atoms with Crippen LogP contribution in [-0.4, -0.2) is 18.0 Å². The molecule has 0 radical (unpaired) electrons. The van der Waals surface area contributed by atoms with Gasteiger partial charge in [-0.15, -0.1) is 0 Å². The lowest BCUT2D eigenvalue weighted by molar-refractivity contribution is -0.137. The van der Waals surface area contributed by atoms with Crippen molar-refractivity contribution in [3.63, 3.8) is 0 Å². The molecule has 0 aliphatic heterocycles. The lowest BCUT2D eigenvalue weighted by Gasteiger charge is -2.05. The zero-order valence-corrected chi connectivity index (χ0v) is 13.2. The number of phenols is 1. The number of hydrogen-bond acceptors (Lipinski definition) is 3. The molecule has 0 heterocycles. The van der Waals surface area contributed by atoms with E-state index >= 15 is 0 Å². The van der Waals surface area contributed by atoms with Gasteiger partial charge in [0.15, 0.2) is 17.3 Å². The number of halogens is 3. The van der Waals surface area contributed by atoms with Crippen LogP contribution in [0.5, 0.6) is 11.5 Å². The van der Waals surface area contributed by atoms with Gasteiger partial charge in [-0.2, -0.15) is 13.2 Å². The second-order valence-electron chi connectivity index (χ2n) is 5.12. The Morgan fingerprint density at radius 3 is 2.12 bits per heavy atom. The van der Waals surface area contributed by atoms with Gasteiger partial charge >= 0.3 is 6.18 Å². The number of methoxy groups -OCH3 is 1. The molecule has 0 atom stereocenters. The summed E-state index contributed by atoms with van der Waals surface area (Å²) < 4.78 is 42.4. The molecular weight excluding hydrogens is 333 g/mol. The van der Waals surface area contributed by atoms with Crippen LogP contribution in [-0.2, 0) is 11.0 Å². The number of alkyl halides is 3. The van der Waals surface area contributed by atoms with E-state index < -0.39 is 11.7 Å². The number of ether oxygens (including phenoxy) is 1. The third kappa shape index (κ3) is 5.24. The highest BCUT2D eigenvalue weighted by molar-refractivity contribution is 6.04. The zero-order chi connectivity index (χ0) is 18.4. The van der Waals surface area contributed by atoms with Gasteiger partial charge < -0.3 is 9.84 Å². The van der Waals surface area contributed by atoms with Crippen LogP contribution in [0.25, 0.3) is 12.2 Å². The van der Waals surface area contributed by atoms with Gasteiger partial charge in [-0.25, -0.2) is 0 Å². The Morgan fingerprint density at radius 2 is 1.56 bits per heavy atom. The molecule has 130 valence electrons. The Kier molecular flexibility index (Phi) is 5.64. The smallest absolute Gasteiger partial charge is 0.416 e. The molecule has 2 aromatic rings. The molecule has 6 heteroatoms. The van der Waals surface area contributed by atoms with Crippen molar-refractivity contribution in [3.05, 3.63) is 71.3 Å². The van der Waals surface area contributed by atoms with Gasteiger partial charge in [-0.1, -0.05) is 30.4 Å². The van der Waals surface area contributed by atoms with Gasteiger partial charge in [0.05, 0.1) is 12.7 Å². The number of allylic oxidation sites excluding steroid dienone is 2. The Hall–Kier alpha value is -3.02. The lowest BCUT2D eigenvalue weighted by atomic mass is 10.1. The van der Waals surface area contributed by atoms with Crippen LogP contribution >= 0.6 is 0 Å². The summed E-state index contributed by atoms with van der Waals surface area (Å²) in [7, 11) is 1.42. The van der Waals surface area contributed by atoms with Crippen LogP contribution in [0.15, 0.2) is 54.6 Å². The lowest BCUT2D eigenvalue weighted by Crippen LogP contribution is -2.03. The fourth-order valence-corrected chi connectivity index (χ4v) is 1.99. The van der Waals surface area contributed by atoms with Crippen molar-refractivity contribution in [1.29, 1.82) is 0 Å². The third-order valence-corrected chi connectivity index (χ3v) is 3.32. The molecule has 0 saturated heterocycles. The van der Waals surface area contributed by atoms with Crippen LogP contribution in [0.2, 0.25) is 0 Å². The Bertz CT molecular complexity index is 804. The molecule has 1 N–H and O–H groups in total. The SMILES string of the molecule is COc1cc(/C=C/C(=O)/C=C/c2ccc(C(F)(F)F)cc2)ccc1O. The molecule has 3 nitrogen and oxygen atoms in total. The number of hydrogen-bond donors (Lipinski definition) is 1. The predicted octanol–water partition coefficient (Wildman–Crippen LogP) is 4.72. The van der Waals surface area contributed by atoms with Crippen LogP contribution in [0, 0.1) is 0 Å². The number of rotatable bonds is 5. The van der Waals surface area contributed by atoms with Crippen molar-refractivity contribution in [2.45, 2.75) is 6.18 Å². The number of carbonyl (C=O) groups is 1. The van der Waals surface area contributed by atoms with Gasteiger partial charge in [0, 0.05) is 0 Å². The van der Waals surface area contributed by atoms with E-state index in [0.29, 0.717) is 11.1 Å². The normalized spacial score (nSPS) is 12.0. The molecule has 0 aromatic heterocycles. The number of carbonyl (C=O) groups excluding carboxylic acids is 1. The van der Waals surface area contributed by atoms with E-state index in [4.69, 9.17) is 4.74 Å². The van der Waals surface area contributed by atoms with E-state index in [0.717, 1.165) is 12.1 Å². The van der Waals surface area contributed by atoms with Crippen LogP contribution in [0.3, 0.4) is 0 Å². The van der Waals surface area contributed by atoms with Gasteiger partial charge in [-0.3, -0.25) is 4.79 Å². The number of aromatic hydroxyl groups is 1. The van der Waals surface area contributed by atoms with E-state index in [2.05, 4.69) is 0 Å². The minimum atomic E-state index is -4.38. The molecule has 0 aliphatic rings. The Labute approximate surface area is 142 Å². The molecule has 0 aliphatic carbocycles. The summed E-state index contributed by atoms with van der Waals surface area (Å²) in [4.78, 5) is 11.8. The first-order valence-electron chi connectivity index (χ1n) is 7.24. The van der Waals surface area contributed by atoms with Crippen molar-refractivity contribution in [1.82, 2.24) is 0 Å². The molecule has 25 heavy (non-hydrogen) atoms. The highest BCUT2D eigenvalue weighted by Crippen LogP contribution is 2.29. The largest absolute Gasteiger partial charge is 0.504 e. The van der Waals surface area contributed by atoms with E-state index in [9.17, 15) is 23.1 Å². The highest BCUT2D eigenvalue weighted by Gasteiger charge is 2.29.